The number of nitrogens with zero attached hydrogens (tertiary/aromatic N) is 2. The average Bonchev–Trinajstić information content (AvgIpc) is 2.64. The van der Waals surface area contributed by atoms with Gasteiger partial charge in [0.2, 0.25) is 0 Å². The summed E-state index contributed by atoms with van der Waals surface area (Å²) in [6.45, 7) is -1.33. The summed E-state index contributed by atoms with van der Waals surface area (Å²) in [5, 5.41) is 5.03. The molecule has 0 aliphatic carbocycles. The molecule has 1 unspecified atom stereocenters. The molecule has 100 valence electrons. The maximum Gasteiger partial charge on any atom is 0.387 e. The molecule has 1 heterocycles. The molecular weight excluding hydrogens is 258 g/mol. The zero-order chi connectivity index (χ0) is 14.0. The lowest BCUT2D eigenvalue weighted by molar-refractivity contribution is -0.123. The van der Waals surface area contributed by atoms with Crippen LogP contribution in [0.1, 0.15) is 6.92 Å². The second-order valence-electron chi connectivity index (χ2n) is 3.88. The monoisotopic (exact) mass is 268 g/mol. The lowest BCUT2D eigenvalue weighted by Gasteiger charge is -2.13. The number of carbonyl (C=O) groups excluding carboxylic acids is 2. The fraction of sp³-hybridized carbons (Fsp3) is 0.250. The van der Waals surface area contributed by atoms with Crippen molar-refractivity contribution in [3.05, 3.63) is 24.3 Å². The van der Waals surface area contributed by atoms with Crippen LogP contribution in [0, 0.1) is 5.92 Å². The van der Waals surface area contributed by atoms with Crippen LogP contribution in [-0.2, 0) is 9.59 Å². The number of hydrazone groups is 1. The molecular formula is C12H10F2N2O3. The number of amides is 1. The van der Waals surface area contributed by atoms with E-state index in [2.05, 4.69) is 9.84 Å². The Labute approximate surface area is 107 Å². The van der Waals surface area contributed by atoms with Crippen LogP contribution in [0.5, 0.6) is 5.75 Å². The number of aldehydes is 1. The van der Waals surface area contributed by atoms with Crippen molar-refractivity contribution in [3.8, 4) is 5.75 Å². The standard InChI is InChI=1S/C12H10F2N2O3/c1-7-10(6-17)11(18)16(15-7)8-2-4-9(5-3-8)19-12(13)14/h2-6,10,12H,1H3. The summed E-state index contributed by atoms with van der Waals surface area (Å²) >= 11 is 0. The van der Waals surface area contributed by atoms with Crippen LogP contribution in [0.25, 0.3) is 0 Å². The van der Waals surface area contributed by atoms with Crippen molar-refractivity contribution < 1.29 is 23.1 Å². The van der Waals surface area contributed by atoms with Crippen molar-refractivity contribution >= 4 is 23.6 Å². The van der Waals surface area contributed by atoms with Crippen molar-refractivity contribution in [2.45, 2.75) is 13.5 Å². The Hall–Kier alpha value is -2.31. The lowest BCUT2D eigenvalue weighted by atomic mass is 10.1. The molecule has 0 radical (unpaired) electrons. The number of hydrogen-bond acceptors (Lipinski definition) is 4. The highest BCUT2D eigenvalue weighted by molar-refractivity contribution is 6.22. The maximum atomic E-state index is 12.0. The van der Waals surface area contributed by atoms with E-state index in [1.165, 1.54) is 24.3 Å². The molecule has 5 nitrogen and oxygen atoms in total. The third kappa shape index (κ3) is 2.59. The molecule has 0 saturated heterocycles. The minimum absolute atomic E-state index is 0.0157. The van der Waals surface area contributed by atoms with Gasteiger partial charge in [-0.1, -0.05) is 0 Å². The summed E-state index contributed by atoms with van der Waals surface area (Å²) in [6, 6.07) is 5.43. The molecule has 7 heteroatoms. The number of anilines is 1. The van der Waals surface area contributed by atoms with E-state index in [0.717, 1.165) is 5.01 Å². The number of hydrogen-bond donors (Lipinski definition) is 0. The highest BCUT2D eigenvalue weighted by Gasteiger charge is 2.33. The van der Waals surface area contributed by atoms with E-state index in [1.807, 2.05) is 0 Å². The summed E-state index contributed by atoms with van der Waals surface area (Å²) < 4.78 is 28.2. The topological polar surface area (TPSA) is 59.0 Å². The van der Waals surface area contributed by atoms with Gasteiger partial charge in [-0.05, 0) is 31.2 Å². The largest absolute Gasteiger partial charge is 0.435 e. The highest BCUT2D eigenvalue weighted by atomic mass is 19.3. The number of ether oxygens (including phenoxy) is 1. The van der Waals surface area contributed by atoms with Crippen molar-refractivity contribution in [2.24, 2.45) is 11.0 Å². The van der Waals surface area contributed by atoms with Gasteiger partial charge in [0.15, 0.2) is 0 Å². The van der Waals surface area contributed by atoms with E-state index < -0.39 is 18.4 Å². The maximum absolute atomic E-state index is 12.0. The van der Waals surface area contributed by atoms with E-state index in [9.17, 15) is 18.4 Å². The first kappa shape index (κ1) is 13.1. The molecule has 0 spiro atoms. The molecule has 19 heavy (non-hydrogen) atoms. The first-order valence-electron chi connectivity index (χ1n) is 5.42. The molecule has 0 bridgehead atoms. The van der Waals surface area contributed by atoms with E-state index in [4.69, 9.17) is 0 Å². The minimum Gasteiger partial charge on any atom is -0.435 e. The van der Waals surface area contributed by atoms with Crippen molar-refractivity contribution in [3.63, 3.8) is 0 Å². The Morgan fingerprint density at radius 1 is 1.37 bits per heavy atom. The predicted molar refractivity (Wildman–Crippen MR) is 63.2 cm³/mol. The number of halogens is 2. The van der Waals surface area contributed by atoms with Crippen molar-refractivity contribution in [1.82, 2.24) is 0 Å². The van der Waals surface area contributed by atoms with Gasteiger partial charge in [0, 0.05) is 0 Å². The fourth-order valence-electron chi connectivity index (χ4n) is 1.69. The summed E-state index contributed by atoms with van der Waals surface area (Å²) in [5.74, 6) is -1.36. The number of benzene rings is 1. The Kier molecular flexibility index (Phi) is 3.55. The predicted octanol–water partition coefficient (Wildman–Crippen LogP) is 1.83. The van der Waals surface area contributed by atoms with Gasteiger partial charge in [-0.3, -0.25) is 4.79 Å². The Morgan fingerprint density at radius 2 is 2.00 bits per heavy atom. The molecule has 1 aliphatic heterocycles. The second kappa shape index (κ2) is 5.13. The van der Waals surface area contributed by atoms with E-state index in [0.29, 0.717) is 17.7 Å². The lowest BCUT2D eigenvalue weighted by Crippen LogP contribution is -2.27. The molecule has 1 aromatic carbocycles. The van der Waals surface area contributed by atoms with Gasteiger partial charge < -0.3 is 9.53 Å². The van der Waals surface area contributed by atoms with Gasteiger partial charge >= 0.3 is 6.61 Å². The van der Waals surface area contributed by atoms with Crippen LogP contribution >= 0.6 is 0 Å². The smallest absolute Gasteiger partial charge is 0.387 e. The van der Waals surface area contributed by atoms with Gasteiger partial charge in [0.25, 0.3) is 5.91 Å². The van der Waals surface area contributed by atoms with Crippen molar-refractivity contribution in [2.75, 3.05) is 5.01 Å². The van der Waals surface area contributed by atoms with Crippen LogP contribution in [0.3, 0.4) is 0 Å². The van der Waals surface area contributed by atoms with Crippen LogP contribution in [-0.4, -0.2) is 24.5 Å². The summed E-state index contributed by atoms with van der Waals surface area (Å²) in [4.78, 5) is 22.6. The van der Waals surface area contributed by atoms with Gasteiger partial charge in [-0.15, -0.1) is 0 Å². The highest BCUT2D eigenvalue weighted by Crippen LogP contribution is 2.25. The molecule has 2 rings (SSSR count). The number of carbonyl (C=O) groups is 2. The quantitative estimate of drug-likeness (QED) is 0.618. The Morgan fingerprint density at radius 3 is 2.47 bits per heavy atom. The van der Waals surface area contributed by atoms with E-state index in [-0.39, 0.29) is 5.75 Å². The van der Waals surface area contributed by atoms with Gasteiger partial charge in [0.05, 0.1) is 11.4 Å². The zero-order valence-corrected chi connectivity index (χ0v) is 9.92. The molecule has 1 aliphatic rings. The summed E-state index contributed by atoms with van der Waals surface area (Å²) in [6.07, 6.45) is 0.523. The molecule has 1 aromatic rings. The summed E-state index contributed by atoms with van der Waals surface area (Å²) in [7, 11) is 0. The molecule has 1 atom stereocenters. The average molecular weight is 268 g/mol. The zero-order valence-electron chi connectivity index (χ0n) is 9.92. The molecule has 0 fully saturated rings. The van der Waals surface area contributed by atoms with Crippen LogP contribution in [0.15, 0.2) is 29.4 Å². The second-order valence-corrected chi connectivity index (χ2v) is 3.88. The van der Waals surface area contributed by atoms with Crippen LogP contribution < -0.4 is 9.75 Å². The SMILES string of the molecule is CC1=NN(c2ccc(OC(F)F)cc2)C(=O)C1C=O. The van der Waals surface area contributed by atoms with Crippen molar-refractivity contribution in [1.29, 1.82) is 0 Å². The summed E-state index contributed by atoms with van der Waals surface area (Å²) in [5.41, 5.74) is 0.781. The first-order chi connectivity index (χ1) is 9.02. The van der Waals surface area contributed by atoms with Gasteiger partial charge in [-0.2, -0.15) is 18.9 Å². The van der Waals surface area contributed by atoms with Crippen LogP contribution in [0.4, 0.5) is 14.5 Å². The van der Waals surface area contributed by atoms with E-state index in [1.54, 1.807) is 6.92 Å². The number of alkyl halides is 2. The molecule has 0 saturated carbocycles. The Balaban J connectivity index is 2.20. The third-order valence-electron chi connectivity index (χ3n) is 2.63. The molecule has 0 N–H and O–H groups in total. The third-order valence-corrected chi connectivity index (χ3v) is 2.63. The van der Waals surface area contributed by atoms with Crippen LogP contribution in [0.2, 0.25) is 0 Å². The molecule has 1 amide bonds. The minimum atomic E-state index is -2.90. The number of rotatable bonds is 4. The molecule has 0 aromatic heterocycles. The van der Waals surface area contributed by atoms with Gasteiger partial charge in [-0.25, -0.2) is 0 Å². The Bertz CT molecular complexity index is 528. The normalized spacial score (nSPS) is 18.7. The van der Waals surface area contributed by atoms with Gasteiger partial charge in [0.1, 0.15) is 18.0 Å². The first-order valence-corrected chi connectivity index (χ1v) is 5.42. The van der Waals surface area contributed by atoms with E-state index >= 15 is 0 Å². The fourth-order valence-corrected chi connectivity index (χ4v) is 1.69.